The lowest BCUT2D eigenvalue weighted by atomic mass is 9.77. The minimum atomic E-state index is -1.07. The minimum Gasteiger partial charge on any atom is -0.374 e. The molecule has 0 aliphatic carbocycles. The van der Waals surface area contributed by atoms with E-state index in [0.717, 1.165) is 49.6 Å². The molecule has 2 unspecified atom stereocenters. The summed E-state index contributed by atoms with van der Waals surface area (Å²) in [6.07, 6.45) is 7.00. The molecule has 1 spiro atoms. The van der Waals surface area contributed by atoms with Crippen LogP contribution in [-0.4, -0.2) is 68.0 Å². The topological polar surface area (TPSA) is 73.6 Å². The summed E-state index contributed by atoms with van der Waals surface area (Å²) < 4.78 is 2.04. The average Bonchev–Trinajstić information content (AvgIpc) is 3.16. The number of piperazine rings is 1. The van der Waals surface area contributed by atoms with Crippen molar-refractivity contribution in [3.8, 4) is 5.69 Å². The zero-order valence-corrected chi connectivity index (χ0v) is 24.7. The van der Waals surface area contributed by atoms with Crippen LogP contribution in [0.2, 0.25) is 0 Å². The van der Waals surface area contributed by atoms with Crippen molar-refractivity contribution in [1.29, 1.82) is 0 Å². The minimum absolute atomic E-state index is 0.0801. The van der Waals surface area contributed by atoms with Gasteiger partial charge in [-0.15, -0.1) is 0 Å². The zero-order chi connectivity index (χ0) is 27.7. The molecule has 2 aliphatic rings. The van der Waals surface area contributed by atoms with Crippen LogP contribution in [0.4, 0.5) is 0 Å². The Labute approximate surface area is 229 Å². The summed E-state index contributed by atoms with van der Waals surface area (Å²) in [7, 11) is 1.95. The number of carbonyl (C=O) groups excluding carboxylic acids is 1. The van der Waals surface area contributed by atoms with Crippen molar-refractivity contribution in [2.75, 3.05) is 20.1 Å². The van der Waals surface area contributed by atoms with Crippen LogP contribution in [0.1, 0.15) is 88.2 Å². The maximum absolute atomic E-state index is 13.6. The lowest BCUT2D eigenvalue weighted by molar-refractivity contribution is -0.200. The molecule has 2 saturated heterocycles. The fourth-order valence-electron chi connectivity index (χ4n) is 6.50. The molecule has 7 heteroatoms. The van der Waals surface area contributed by atoms with Crippen LogP contribution < -0.4 is 5.32 Å². The Bertz CT molecular complexity index is 1100. The number of unbranched alkanes of at least 4 members (excludes halogenated alkanes) is 2. The standard InChI is InChI=1S/C31H49N5O2/c1-8-9-10-11-23(3)20-28-30(6,38)34(7)31(29(37)32-28)16-18-35(19-17-31)21-27-24(4)33-36(25(27)5)26-14-12-22(2)13-15-26/h12-15,23,28,38H,8-11,16-21H2,1-7H3,(H,32,37)/t23?,28-,30?/m1/s1. The van der Waals surface area contributed by atoms with Crippen LogP contribution in [0.5, 0.6) is 0 Å². The Morgan fingerprint density at radius 1 is 1.13 bits per heavy atom. The molecule has 0 radical (unpaired) electrons. The van der Waals surface area contributed by atoms with Crippen molar-refractivity contribution in [3.05, 3.63) is 46.8 Å². The van der Waals surface area contributed by atoms with Gasteiger partial charge in [0.05, 0.1) is 17.4 Å². The molecular formula is C31H49N5O2. The van der Waals surface area contributed by atoms with E-state index in [-0.39, 0.29) is 11.9 Å². The second kappa shape index (κ2) is 11.5. The summed E-state index contributed by atoms with van der Waals surface area (Å²) in [4.78, 5) is 18.0. The predicted molar refractivity (Wildman–Crippen MR) is 153 cm³/mol. The third-order valence-corrected chi connectivity index (χ3v) is 9.43. The first kappa shape index (κ1) is 28.8. The van der Waals surface area contributed by atoms with Crippen molar-refractivity contribution in [3.63, 3.8) is 0 Å². The molecule has 1 amide bonds. The van der Waals surface area contributed by atoms with Gasteiger partial charge in [-0.1, -0.05) is 57.2 Å². The SMILES string of the molecule is CCCCCC(C)C[C@H]1NC(=O)C2(CCN(Cc3c(C)nn(-c4ccc(C)cc4)c3C)CC2)N(C)C1(C)O. The molecule has 3 heterocycles. The molecule has 2 N–H and O–H groups in total. The quantitative estimate of drug-likeness (QED) is 0.459. The first-order chi connectivity index (χ1) is 18.0. The Hall–Kier alpha value is -2.22. The van der Waals surface area contributed by atoms with E-state index >= 15 is 0 Å². The van der Waals surface area contributed by atoms with E-state index in [1.54, 1.807) is 0 Å². The molecule has 210 valence electrons. The molecule has 38 heavy (non-hydrogen) atoms. The van der Waals surface area contributed by atoms with Gasteiger partial charge in [-0.2, -0.15) is 5.10 Å². The van der Waals surface area contributed by atoms with Crippen LogP contribution in [0.3, 0.4) is 0 Å². The summed E-state index contributed by atoms with van der Waals surface area (Å²) in [5, 5.41) is 19.8. The molecular weight excluding hydrogens is 474 g/mol. The normalized spacial score (nSPS) is 25.1. The third kappa shape index (κ3) is 5.56. The highest BCUT2D eigenvalue weighted by Crippen LogP contribution is 2.39. The van der Waals surface area contributed by atoms with E-state index in [4.69, 9.17) is 5.10 Å². The molecule has 0 saturated carbocycles. The number of amides is 1. The number of hydrogen-bond acceptors (Lipinski definition) is 5. The fourth-order valence-corrected chi connectivity index (χ4v) is 6.50. The van der Waals surface area contributed by atoms with Crippen LogP contribution in [-0.2, 0) is 11.3 Å². The summed E-state index contributed by atoms with van der Waals surface area (Å²) >= 11 is 0. The number of piperidine rings is 1. The van der Waals surface area contributed by atoms with E-state index in [0.29, 0.717) is 18.8 Å². The zero-order valence-electron chi connectivity index (χ0n) is 24.7. The van der Waals surface area contributed by atoms with Crippen LogP contribution in [0, 0.1) is 26.7 Å². The largest absolute Gasteiger partial charge is 0.374 e. The van der Waals surface area contributed by atoms with Crippen LogP contribution in [0.15, 0.2) is 24.3 Å². The molecule has 3 atom stereocenters. The van der Waals surface area contributed by atoms with Gasteiger partial charge in [0.2, 0.25) is 5.91 Å². The van der Waals surface area contributed by atoms with E-state index in [1.807, 2.05) is 23.6 Å². The highest BCUT2D eigenvalue weighted by atomic mass is 16.3. The number of nitrogens with zero attached hydrogens (tertiary/aromatic N) is 4. The van der Waals surface area contributed by atoms with E-state index < -0.39 is 11.3 Å². The van der Waals surface area contributed by atoms with Gasteiger partial charge >= 0.3 is 0 Å². The van der Waals surface area contributed by atoms with Gasteiger partial charge in [0, 0.05) is 30.9 Å². The van der Waals surface area contributed by atoms with Gasteiger partial charge in [-0.3, -0.25) is 14.6 Å². The van der Waals surface area contributed by atoms with Gasteiger partial charge in [0.1, 0.15) is 11.3 Å². The number of likely N-dealkylation sites (tertiary alicyclic amines) is 1. The number of likely N-dealkylation sites (N-methyl/N-ethyl adjacent to an activating group) is 1. The third-order valence-electron chi connectivity index (χ3n) is 9.43. The number of rotatable bonds is 9. The number of aromatic nitrogens is 2. The summed E-state index contributed by atoms with van der Waals surface area (Å²) in [6.45, 7) is 15.1. The lowest BCUT2D eigenvalue weighted by Gasteiger charge is -2.57. The smallest absolute Gasteiger partial charge is 0.241 e. The number of nitrogens with one attached hydrogen (secondary N) is 1. The monoisotopic (exact) mass is 523 g/mol. The number of benzene rings is 1. The Kier molecular flexibility index (Phi) is 8.70. The lowest BCUT2D eigenvalue weighted by Crippen LogP contribution is -2.77. The molecule has 2 aromatic rings. The van der Waals surface area contributed by atoms with E-state index in [9.17, 15) is 9.90 Å². The number of carbonyl (C=O) groups is 1. The van der Waals surface area contributed by atoms with Gasteiger partial charge in [0.25, 0.3) is 0 Å². The van der Waals surface area contributed by atoms with Gasteiger partial charge in [0.15, 0.2) is 0 Å². The van der Waals surface area contributed by atoms with Crippen molar-refractivity contribution in [2.24, 2.45) is 5.92 Å². The van der Waals surface area contributed by atoms with Crippen LogP contribution >= 0.6 is 0 Å². The summed E-state index contributed by atoms with van der Waals surface area (Å²) in [5.41, 5.74) is 4.05. The molecule has 4 rings (SSSR count). The van der Waals surface area contributed by atoms with Gasteiger partial charge in [-0.25, -0.2) is 4.68 Å². The van der Waals surface area contributed by atoms with Crippen molar-refractivity contribution in [1.82, 2.24) is 24.9 Å². The Morgan fingerprint density at radius 2 is 1.79 bits per heavy atom. The molecule has 2 aliphatic heterocycles. The molecule has 0 bridgehead atoms. The molecule has 1 aromatic carbocycles. The summed E-state index contributed by atoms with van der Waals surface area (Å²) in [6, 6.07) is 8.22. The second-order valence-electron chi connectivity index (χ2n) is 12.2. The number of aryl methyl sites for hydroxylation is 2. The number of aliphatic hydroxyl groups is 1. The Balaban J connectivity index is 1.41. The highest BCUT2D eigenvalue weighted by molar-refractivity contribution is 5.88. The average molecular weight is 524 g/mol. The maximum atomic E-state index is 13.6. The summed E-state index contributed by atoms with van der Waals surface area (Å²) in [5.74, 6) is 0.548. The van der Waals surface area contributed by atoms with E-state index in [1.165, 1.54) is 30.4 Å². The van der Waals surface area contributed by atoms with Crippen molar-refractivity contribution >= 4 is 5.91 Å². The van der Waals surface area contributed by atoms with Crippen molar-refractivity contribution in [2.45, 2.75) is 110 Å². The van der Waals surface area contributed by atoms with E-state index in [2.05, 4.69) is 69.1 Å². The van der Waals surface area contributed by atoms with Crippen molar-refractivity contribution < 1.29 is 9.90 Å². The Morgan fingerprint density at radius 3 is 2.42 bits per heavy atom. The van der Waals surface area contributed by atoms with Crippen LogP contribution in [0.25, 0.3) is 5.69 Å². The molecule has 7 nitrogen and oxygen atoms in total. The van der Waals surface area contributed by atoms with Gasteiger partial charge < -0.3 is 10.4 Å². The molecule has 1 aromatic heterocycles. The predicted octanol–water partition coefficient (Wildman–Crippen LogP) is 4.88. The second-order valence-corrected chi connectivity index (χ2v) is 12.2. The number of hydrogen-bond donors (Lipinski definition) is 2. The first-order valence-electron chi connectivity index (χ1n) is 14.6. The first-order valence-corrected chi connectivity index (χ1v) is 14.6. The maximum Gasteiger partial charge on any atom is 0.241 e. The highest BCUT2D eigenvalue weighted by Gasteiger charge is 2.57. The van der Waals surface area contributed by atoms with Gasteiger partial charge in [-0.05, 0) is 72.1 Å². The fraction of sp³-hybridized carbons (Fsp3) is 0.677. The molecule has 2 fully saturated rings.